The first-order valence-electron chi connectivity index (χ1n) is 12.1. The van der Waals surface area contributed by atoms with Crippen molar-refractivity contribution < 1.29 is 14.6 Å². The molecule has 8 nitrogen and oxygen atoms in total. The minimum atomic E-state index is -0.338. The maximum Gasteiger partial charge on any atom is 0.234 e. The number of aromatic nitrogens is 4. The van der Waals surface area contributed by atoms with Crippen molar-refractivity contribution in [1.82, 2.24) is 19.7 Å². The van der Waals surface area contributed by atoms with Gasteiger partial charge in [0.1, 0.15) is 5.75 Å². The van der Waals surface area contributed by atoms with Gasteiger partial charge in [-0.25, -0.2) is 4.98 Å². The van der Waals surface area contributed by atoms with E-state index in [2.05, 4.69) is 15.1 Å². The van der Waals surface area contributed by atoms with Crippen molar-refractivity contribution in [2.24, 2.45) is 0 Å². The molecule has 0 saturated heterocycles. The zero-order chi connectivity index (χ0) is 25.1. The smallest absolute Gasteiger partial charge is 0.234 e. The molecule has 38 heavy (non-hydrogen) atoms. The van der Waals surface area contributed by atoms with E-state index in [1.165, 1.54) is 0 Å². The monoisotopic (exact) mass is 555 g/mol. The molecule has 3 heterocycles. The Labute approximate surface area is 234 Å². The van der Waals surface area contributed by atoms with Crippen molar-refractivity contribution in [3.63, 3.8) is 0 Å². The highest BCUT2D eigenvalue weighted by Crippen LogP contribution is 2.38. The predicted octanol–water partition coefficient (Wildman–Crippen LogP) is 5.24. The summed E-state index contributed by atoms with van der Waals surface area (Å²) in [7, 11) is 1.56. The lowest BCUT2D eigenvalue weighted by atomic mass is 9.81. The third-order valence-electron chi connectivity index (χ3n) is 6.61. The number of aryl methyl sites for hydroxylation is 1. The molecule has 5 rings (SSSR count). The van der Waals surface area contributed by atoms with Crippen molar-refractivity contribution in [3.05, 3.63) is 95.2 Å². The number of methoxy groups -OCH3 is 1. The molecule has 10 heteroatoms. The molecule has 1 aliphatic carbocycles. The lowest BCUT2D eigenvalue weighted by Gasteiger charge is -2.31. The van der Waals surface area contributed by atoms with Crippen LogP contribution >= 0.6 is 24.8 Å². The van der Waals surface area contributed by atoms with E-state index < -0.39 is 0 Å². The molecule has 0 radical (unpaired) electrons. The summed E-state index contributed by atoms with van der Waals surface area (Å²) in [4.78, 5) is 24.5. The summed E-state index contributed by atoms with van der Waals surface area (Å²) >= 11 is 0. The van der Waals surface area contributed by atoms with Crippen LogP contribution in [0.2, 0.25) is 0 Å². The van der Waals surface area contributed by atoms with E-state index in [1.807, 2.05) is 48.1 Å². The first-order valence-corrected chi connectivity index (χ1v) is 12.1. The van der Waals surface area contributed by atoms with E-state index in [0.29, 0.717) is 24.7 Å². The topological polar surface area (TPSA) is 93.4 Å². The number of ether oxygens (including phenoxy) is 1. The molecule has 1 atom stereocenters. The van der Waals surface area contributed by atoms with Crippen LogP contribution in [0.5, 0.6) is 11.6 Å². The van der Waals surface area contributed by atoms with Gasteiger partial charge in [0.25, 0.3) is 0 Å². The summed E-state index contributed by atoms with van der Waals surface area (Å²) in [5.41, 5.74) is 5.43. The van der Waals surface area contributed by atoms with Gasteiger partial charge in [0, 0.05) is 24.0 Å². The highest BCUT2D eigenvalue weighted by molar-refractivity contribution is 5.98. The number of hydrogen-bond donors (Lipinski definition) is 1. The summed E-state index contributed by atoms with van der Waals surface area (Å²) in [5, 5.41) is 14.9. The second kappa shape index (κ2) is 12.8. The summed E-state index contributed by atoms with van der Waals surface area (Å²) in [5.74, 6) is 0.377. The van der Waals surface area contributed by atoms with Gasteiger partial charge in [0.05, 0.1) is 49.9 Å². The minimum absolute atomic E-state index is 0. The van der Waals surface area contributed by atoms with Crippen molar-refractivity contribution >= 4 is 36.4 Å². The summed E-state index contributed by atoms with van der Waals surface area (Å²) < 4.78 is 7.04. The highest BCUT2D eigenvalue weighted by atomic mass is 35.5. The van der Waals surface area contributed by atoms with Crippen LogP contribution in [0.25, 0.3) is 0 Å². The molecule has 200 valence electrons. The third kappa shape index (κ3) is 6.26. The predicted molar refractivity (Wildman–Crippen MR) is 151 cm³/mol. The van der Waals surface area contributed by atoms with Crippen molar-refractivity contribution in [3.8, 4) is 11.6 Å². The molecule has 0 bridgehead atoms. The van der Waals surface area contributed by atoms with Gasteiger partial charge in [-0.15, -0.1) is 24.8 Å². The Hall–Kier alpha value is -3.62. The van der Waals surface area contributed by atoms with Gasteiger partial charge in [-0.2, -0.15) is 5.10 Å². The zero-order valence-electron chi connectivity index (χ0n) is 21.3. The Balaban J connectivity index is 0.00000200. The van der Waals surface area contributed by atoms with E-state index in [1.54, 1.807) is 42.7 Å². The standard InChI is InChI=1S/C28H29N5O3.2ClH/c1-19-11-12-29-21(13-19)18-32-16-20(14-31-32)17-33(22-9-10-27(36-2)30-15-22)28(35)25-7-3-6-24-23(25)5-4-8-26(24)34;;/h4-5,8-16,25,34H,3,6-7,17-18H2,1-2H3;2*1H. The van der Waals surface area contributed by atoms with E-state index in [0.717, 1.165) is 47.2 Å². The molecule has 1 unspecified atom stereocenters. The number of benzene rings is 1. The Morgan fingerprint density at radius 3 is 2.74 bits per heavy atom. The number of carbonyl (C=O) groups is 1. The number of carbonyl (C=O) groups excluding carboxylic acids is 1. The molecule has 1 N–H and O–H groups in total. The Morgan fingerprint density at radius 2 is 2.00 bits per heavy atom. The van der Waals surface area contributed by atoms with Gasteiger partial charge in [-0.1, -0.05) is 12.1 Å². The number of hydrogen-bond acceptors (Lipinski definition) is 6. The number of phenolic OH excluding ortho intramolecular Hbond substituents is 1. The number of rotatable bonds is 7. The second-order valence-corrected chi connectivity index (χ2v) is 9.14. The normalized spacial score (nSPS) is 14.0. The quantitative estimate of drug-likeness (QED) is 0.335. The Morgan fingerprint density at radius 1 is 1.16 bits per heavy atom. The second-order valence-electron chi connectivity index (χ2n) is 9.14. The number of fused-ring (bicyclic) bond motifs is 1. The molecule has 3 aromatic heterocycles. The number of phenols is 1. The van der Waals surface area contributed by atoms with Crippen LogP contribution in [0.1, 0.15) is 46.7 Å². The lowest BCUT2D eigenvalue weighted by molar-refractivity contribution is -0.120. The number of amides is 1. The molecule has 4 aromatic rings. The Kier molecular flexibility index (Phi) is 9.72. The van der Waals surface area contributed by atoms with E-state index in [-0.39, 0.29) is 42.4 Å². The largest absolute Gasteiger partial charge is 0.508 e. The molecule has 0 saturated carbocycles. The SMILES string of the molecule is COc1ccc(N(Cc2cnn(Cc3cc(C)ccn3)c2)C(=O)C2CCCc3c(O)cccc32)cn1.Cl.Cl. The molecule has 0 spiro atoms. The van der Waals surface area contributed by atoms with Gasteiger partial charge in [-0.3, -0.25) is 14.5 Å². The lowest BCUT2D eigenvalue weighted by Crippen LogP contribution is -2.36. The number of anilines is 1. The highest BCUT2D eigenvalue weighted by Gasteiger charge is 2.32. The van der Waals surface area contributed by atoms with Gasteiger partial charge in [-0.05, 0) is 67.1 Å². The molecule has 1 amide bonds. The number of halogens is 2. The van der Waals surface area contributed by atoms with Crippen LogP contribution in [0, 0.1) is 6.92 Å². The van der Waals surface area contributed by atoms with Gasteiger partial charge < -0.3 is 14.7 Å². The van der Waals surface area contributed by atoms with E-state index in [4.69, 9.17) is 4.74 Å². The van der Waals surface area contributed by atoms with Crippen LogP contribution in [-0.2, 0) is 24.3 Å². The summed E-state index contributed by atoms with van der Waals surface area (Å²) in [6, 6.07) is 13.1. The average Bonchev–Trinajstić information content (AvgIpc) is 3.34. The maximum absolute atomic E-state index is 14.0. The van der Waals surface area contributed by atoms with Crippen molar-refractivity contribution in [2.45, 2.75) is 45.2 Å². The average molecular weight is 556 g/mol. The van der Waals surface area contributed by atoms with Crippen molar-refractivity contribution in [1.29, 1.82) is 0 Å². The van der Waals surface area contributed by atoms with Crippen LogP contribution in [-0.4, -0.2) is 37.9 Å². The fraction of sp³-hybridized carbons (Fsp3) is 0.286. The number of aromatic hydroxyl groups is 1. The van der Waals surface area contributed by atoms with Gasteiger partial charge in [0.2, 0.25) is 11.8 Å². The zero-order valence-corrected chi connectivity index (χ0v) is 22.9. The Bertz CT molecular complexity index is 1380. The maximum atomic E-state index is 14.0. The minimum Gasteiger partial charge on any atom is -0.508 e. The van der Waals surface area contributed by atoms with E-state index >= 15 is 0 Å². The fourth-order valence-corrected chi connectivity index (χ4v) is 4.83. The summed E-state index contributed by atoms with van der Waals surface area (Å²) in [6.07, 6.45) is 9.53. The molecule has 1 aromatic carbocycles. The third-order valence-corrected chi connectivity index (χ3v) is 6.61. The van der Waals surface area contributed by atoms with Gasteiger partial charge >= 0.3 is 0 Å². The molecule has 0 aliphatic heterocycles. The molecular weight excluding hydrogens is 525 g/mol. The van der Waals surface area contributed by atoms with Crippen LogP contribution < -0.4 is 9.64 Å². The first-order chi connectivity index (χ1) is 17.5. The summed E-state index contributed by atoms with van der Waals surface area (Å²) in [6.45, 7) is 2.93. The van der Waals surface area contributed by atoms with Crippen LogP contribution in [0.3, 0.4) is 0 Å². The number of nitrogens with zero attached hydrogens (tertiary/aromatic N) is 5. The number of pyridine rings is 2. The van der Waals surface area contributed by atoms with E-state index in [9.17, 15) is 9.90 Å². The first kappa shape index (κ1) is 28.9. The fourth-order valence-electron chi connectivity index (χ4n) is 4.83. The van der Waals surface area contributed by atoms with Gasteiger partial charge in [0.15, 0.2) is 0 Å². The molecular formula is C28H31Cl2N5O3. The molecule has 1 aliphatic rings. The van der Waals surface area contributed by atoms with Crippen LogP contribution in [0.4, 0.5) is 5.69 Å². The van der Waals surface area contributed by atoms with Crippen molar-refractivity contribution in [2.75, 3.05) is 12.0 Å². The van der Waals surface area contributed by atoms with Crippen LogP contribution in [0.15, 0.2) is 67.3 Å². The molecule has 0 fully saturated rings.